The molecule has 0 spiro atoms. The van der Waals surface area contributed by atoms with E-state index in [0.29, 0.717) is 35.4 Å². The molecule has 0 atom stereocenters. The van der Waals surface area contributed by atoms with Gasteiger partial charge in [0.05, 0.1) is 0 Å². The van der Waals surface area contributed by atoms with E-state index in [1.165, 1.54) is 6.33 Å². The molecule has 10 heteroatoms. The molecular weight excluding hydrogens is 416 g/mol. The van der Waals surface area contributed by atoms with Crippen LogP contribution in [0.4, 0.5) is 27.8 Å². The van der Waals surface area contributed by atoms with E-state index >= 15 is 0 Å². The number of hydrogen-bond donors (Lipinski definition) is 5. The molecule has 0 aliphatic heterocycles. The number of nitrogens with zero attached hydrogens (tertiary/aromatic N) is 3. The largest absolute Gasteiger partial charge is 0.339 e. The highest BCUT2D eigenvalue weighted by molar-refractivity contribution is 6.30. The van der Waals surface area contributed by atoms with E-state index in [1.807, 2.05) is 55.5 Å². The van der Waals surface area contributed by atoms with E-state index in [4.69, 9.17) is 11.6 Å². The van der Waals surface area contributed by atoms with Crippen LogP contribution in [0.25, 0.3) is 11.0 Å². The van der Waals surface area contributed by atoms with Crippen molar-refractivity contribution in [2.75, 3.05) is 17.2 Å². The first-order valence-corrected chi connectivity index (χ1v) is 10.1. The lowest BCUT2D eigenvalue weighted by atomic mass is 10.2. The van der Waals surface area contributed by atoms with Gasteiger partial charge in [-0.1, -0.05) is 29.8 Å². The van der Waals surface area contributed by atoms with Crippen LogP contribution in [0.5, 0.6) is 0 Å². The molecule has 9 nitrogen and oxygen atoms in total. The van der Waals surface area contributed by atoms with Crippen LogP contribution in [0.2, 0.25) is 5.02 Å². The molecular formula is C21H21ClN8O. The predicted molar refractivity (Wildman–Crippen MR) is 122 cm³/mol. The smallest absolute Gasteiger partial charge is 0.315 e. The Bertz CT molecular complexity index is 1190. The Kier molecular flexibility index (Phi) is 6.13. The summed E-state index contributed by atoms with van der Waals surface area (Å²) in [5, 5.41) is 20.7. The lowest BCUT2D eigenvalue weighted by Crippen LogP contribution is -2.34. The van der Waals surface area contributed by atoms with Crippen LogP contribution < -0.4 is 21.3 Å². The number of anilines is 4. The fraction of sp³-hybridized carbons (Fsp3) is 0.143. The Morgan fingerprint density at radius 2 is 1.81 bits per heavy atom. The number of aromatic nitrogens is 4. The first-order valence-electron chi connectivity index (χ1n) is 9.71. The zero-order valence-corrected chi connectivity index (χ0v) is 17.5. The van der Waals surface area contributed by atoms with E-state index < -0.39 is 0 Å². The van der Waals surface area contributed by atoms with Gasteiger partial charge in [-0.15, -0.1) is 0 Å². The highest BCUT2D eigenvalue weighted by atomic mass is 35.5. The molecule has 0 aliphatic rings. The summed E-state index contributed by atoms with van der Waals surface area (Å²) in [5.41, 5.74) is 3.23. The van der Waals surface area contributed by atoms with Crippen molar-refractivity contribution < 1.29 is 4.79 Å². The second-order valence-corrected chi connectivity index (χ2v) is 7.12. The first-order chi connectivity index (χ1) is 15.1. The maximum absolute atomic E-state index is 11.5. The van der Waals surface area contributed by atoms with E-state index in [-0.39, 0.29) is 6.03 Å². The summed E-state index contributed by atoms with van der Waals surface area (Å²) < 4.78 is 0. The topological polar surface area (TPSA) is 120 Å². The van der Waals surface area contributed by atoms with Crippen LogP contribution in [0.1, 0.15) is 12.5 Å². The minimum absolute atomic E-state index is 0.188. The fourth-order valence-electron chi connectivity index (χ4n) is 3.00. The Morgan fingerprint density at radius 1 is 1.00 bits per heavy atom. The van der Waals surface area contributed by atoms with Crippen molar-refractivity contribution in [2.24, 2.45) is 0 Å². The van der Waals surface area contributed by atoms with E-state index in [2.05, 4.69) is 41.4 Å². The van der Waals surface area contributed by atoms with Gasteiger partial charge in [0, 0.05) is 29.5 Å². The number of carbonyl (C=O) groups is 1. The van der Waals surface area contributed by atoms with Crippen LogP contribution >= 0.6 is 11.6 Å². The second-order valence-electron chi connectivity index (χ2n) is 6.69. The summed E-state index contributed by atoms with van der Waals surface area (Å²) in [6, 6.07) is 14.9. The summed E-state index contributed by atoms with van der Waals surface area (Å²) in [6.45, 7) is 2.91. The summed E-state index contributed by atoms with van der Waals surface area (Å²) in [4.78, 5) is 20.1. The van der Waals surface area contributed by atoms with Crippen LogP contribution in [-0.4, -0.2) is 32.7 Å². The molecule has 0 saturated carbocycles. The number of aromatic amines is 1. The molecule has 5 N–H and O–H groups in total. The Balaban J connectivity index is 1.52. The van der Waals surface area contributed by atoms with Crippen molar-refractivity contribution in [3.63, 3.8) is 0 Å². The third-order valence-corrected chi connectivity index (χ3v) is 4.69. The first kappa shape index (κ1) is 20.4. The van der Waals surface area contributed by atoms with Gasteiger partial charge >= 0.3 is 6.03 Å². The number of halogens is 1. The molecule has 0 radical (unpaired) electrons. The molecule has 2 amide bonds. The molecule has 0 unspecified atom stereocenters. The van der Waals surface area contributed by atoms with E-state index in [1.54, 1.807) is 0 Å². The zero-order chi connectivity index (χ0) is 21.6. The molecule has 158 valence electrons. The average molecular weight is 437 g/mol. The van der Waals surface area contributed by atoms with Crippen LogP contribution in [0.3, 0.4) is 0 Å². The number of amides is 2. The predicted octanol–water partition coefficient (Wildman–Crippen LogP) is 4.31. The number of hydrogen-bond acceptors (Lipinski definition) is 6. The number of fused-ring (bicyclic) bond motifs is 1. The van der Waals surface area contributed by atoms with Crippen LogP contribution in [0.15, 0.2) is 54.9 Å². The molecule has 2 aromatic heterocycles. The highest BCUT2D eigenvalue weighted by Crippen LogP contribution is 2.30. The maximum atomic E-state index is 11.5. The molecule has 2 aromatic carbocycles. The number of rotatable bonds is 7. The van der Waals surface area contributed by atoms with Crippen LogP contribution in [0, 0.1) is 0 Å². The fourth-order valence-corrected chi connectivity index (χ4v) is 3.19. The van der Waals surface area contributed by atoms with Crippen molar-refractivity contribution >= 4 is 51.7 Å². The second kappa shape index (κ2) is 9.31. The van der Waals surface area contributed by atoms with Crippen molar-refractivity contribution in [1.82, 2.24) is 30.8 Å². The number of urea groups is 1. The third kappa shape index (κ3) is 5.01. The third-order valence-electron chi connectivity index (χ3n) is 4.45. The van der Waals surface area contributed by atoms with Crippen molar-refractivity contribution in [3.05, 3.63) is 65.4 Å². The lowest BCUT2D eigenvalue weighted by molar-refractivity contribution is 0.241. The number of nitrogens with one attached hydrogen (secondary N) is 5. The standard InChI is InChI=1S/C21H21ClN8O/c1-2-23-21(31)24-11-13-6-8-15(9-7-13)27-20-17-18(25-12-26-19(17)29-30-20)28-16-5-3-4-14(22)10-16/h3-10,12H,2,11H2,1H3,(H2,23,24,31)(H3,25,26,27,28,29,30). The van der Waals surface area contributed by atoms with E-state index in [0.717, 1.165) is 22.3 Å². The lowest BCUT2D eigenvalue weighted by Gasteiger charge is -2.10. The van der Waals surface area contributed by atoms with Crippen molar-refractivity contribution in [2.45, 2.75) is 13.5 Å². The van der Waals surface area contributed by atoms with Gasteiger partial charge in [-0.2, -0.15) is 5.10 Å². The van der Waals surface area contributed by atoms with Crippen molar-refractivity contribution in [3.8, 4) is 0 Å². The summed E-state index contributed by atoms with van der Waals surface area (Å²) in [7, 11) is 0. The quantitative estimate of drug-likeness (QED) is 0.294. The van der Waals surface area contributed by atoms with Gasteiger partial charge in [0.1, 0.15) is 17.5 Å². The summed E-state index contributed by atoms with van der Waals surface area (Å²) in [5.74, 6) is 1.19. The molecule has 0 bridgehead atoms. The van der Waals surface area contributed by atoms with E-state index in [9.17, 15) is 4.79 Å². The number of carbonyl (C=O) groups excluding carboxylic acids is 1. The minimum Gasteiger partial charge on any atom is -0.339 e. The number of H-pyrrole nitrogens is 1. The molecule has 0 fully saturated rings. The average Bonchev–Trinajstić information content (AvgIpc) is 3.17. The Labute approximate surface area is 183 Å². The van der Waals surface area contributed by atoms with Gasteiger partial charge in [0.25, 0.3) is 0 Å². The zero-order valence-electron chi connectivity index (χ0n) is 16.7. The summed E-state index contributed by atoms with van der Waals surface area (Å²) in [6.07, 6.45) is 1.47. The van der Waals surface area contributed by atoms with Gasteiger partial charge in [-0.25, -0.2) is 14.8 Å². The van der Waals surface area contributed by atoms with Gasteiger partial charge < -0.3 is 21.3 Å². The molecule has 2 heterocycles. The molecule has 4 aromatic rings. The molecule has 31 heavy (non-hydrogen) atoms. The van der Waals surface area contributed by atoms with Gasteiger partial charge in [-0.05, 0) is 42.8 Å². The van der Waals surface area contributed by atoms with Gasteiger partial charge in [0.2, 0.25) is 0 Å². The highest BCUT2D eigenvalue weighted by Gasteiger charge is 2.13. The Morgan fingerprint density at radius 3 is 2.58 bits per heavy atom. The number of benzene rings is 2. The summed E-state index contributed by atoms with van der Waals surface area (Å²) >= 11 is 6.08. The maximum Gasteiger partial charge on any atom is 0.315 e. The van der Waals surface area contributed by atoms with Gasteiger partial charge in [0.15, 0.2) is 11.5 Å². The SMILES string of the molecule is CCNC(=O)NCc1ccc(Nc2n[nH]c3ncnc(Nc4cccc(Cl)c4)c23)cc1. The minimum atomic E-state index is -0.188. The van der Waals surface area contributed by atoms with Crippen LogP contribution in [-0.2, 0) is 6.54 Å². The van der Waals surface area contributed by atoms with Crippen molar-refractivity contribution in [1.29, 1.82) is 0 Å². The molecule has 4 rings (SSSR count). The monoisotopic (exact) mass is 436 g/mol. The molecule has 0 saturated heterocycles. The Hall–Kier alpha value is -3.85. The van der Waals surface area contributed by atoms with Gasteiger partial charge in [-0.3, -0.25) is 5.10 Å². The molecule has 0 aliphatic carbocycles. The normalized spacial score (nSPS) is 10.6.